The van der Waals surface area contributed by atoms with Gasteiger partial charge in [0.25, 0.3) is 5.91 Å². The monoisotopic (exact) mass is 433 g/mol. The molecule has 0 radical (unpaired) electrons. The summed E-state index contributed by atoms with van der Waals surface area (Å²) in [4.78, 5) is 39.8. The highest BCUT2D eigenvalue weighted by Gasteiger charge is 2.34. The van der Waals surface area contributed by atoms with Crippen molar-refractivity contribution in [3.05, 3.63) is 23.8 Å². The van der Waals surface area contributed by atoms with E-state index in [9.17, 15) is 14.4 Å². The summed E-state index contributed by atoms with van der Waals surface area (Å²) in [6, 6.07) is 4.27. The maximum absolute atomic E-state index is 13.0. The molecular weight excluding hydrogens is 402 g/mol. The molecule has 1 saturated heterocycles. The van der Waals surface area contributed by atoms with Gasteiger partial charge in [-0.25, -0.2) is 0 Å². The van der Waals surface area contributed by atoms with Gasteiger partial charge >= 0.3 is 0 Å². The number of rotatable bonds is 8. The number of hydrogen-bond acceptors (Lipinski definition) is 6. The molecule has 31 heavy (non-hydrogen) atoms. The van der Waals surface area contributed by atoms with E-state index in [1.165, 1.54) is 7.11 Å². The number of fused-ring (bicyclic) bond motifs is 1. The first-order chi connectivity index (χ1) is 14.9. The van der Waals surface area contributed by atoms with Crippen LogP contribution in [-0.2, 0) is 14.3 Å². The van der Waals surface area contributed by atoms with Gasteiger partial charge in [0.15, 0.2) is 11.5 Å². The summed E-state index contributed by atoms with van der Waals surface area (Å²) in [6.45, 7) is 5.15. The normalized spacial score (nSPS) is 17.7. The number of methoxy groups -OCH3 is 1. The molecule has 0 bridgehead atoms. The summed E-state index contributed by atoms with van der Waals surface area (Å²) in [5.74, 6) is 0.416. The third kappa shape index (κ3) is 5.66. The molecule has 3 amide bonds. The Morgan fingerprint density at radius 3 is 2.55 bits per heavy atom. The van der Waals surface area contributed by atoms with Gasteiger partial charge in [-0.05, 0) is 50.3 Å². The Kier molecular flexibility index (Phi) is 7.73. The molecule has 1 aromatic carbocycles. The van der Waals surface area contributed by atoms with Crippen molar-refractivity contribution >= 4 is 17.7 Å². The number of amides is 3. The fourth-order valence-corrected chi connectivity index (χ4v) is 3.79. The van der Waals surface area contributed by atoms with Gasteiger partial charge in [0.2, 0.25) is 18.6 Å². The zero-order valence-corrected chi connectivity index (χ0v) is 18.3. The van der Waals surface area contributed by atoms with E-state index in [4.69, 9.17) is 14.2 Å². The van der Waals surface area contributed by atoms with Crippen molar-refractivity contribution < 1.29 is 28.6 Å². The van der Waals surface area contributed by atoms with E-state index < -0.39 is 6.04 Å². The third-order valence-electron chi connectivity index (χ3n) is 5.84. The molecule has 2 N–H and O–H groups in total. The second-order valence-corrected chi connectivity index (χ2v) is 7.99. The molecule has 3 rings (SSSR count). The summed E-state index contributed by atoms with van der Waals surface area (Å²) in [5.41, 5.74) is 0.401. The van der Waals surface area contributed by atoms with Crippen molar-refractivity contribution in [2.75, 3.05) is 33.6 Å². The van der Waals surface area contributed by atoms with Gasteiger partial charge in [-0.2, -0.15) is 0 Å². The number of nitrogens with zero attached hydrogens (tertiary/aromatic N) is 1. The number of nitrogens with one attached hydrogen (secondary N) is 2. The van der Waals surface area contributed by atoms with Crippen molar-refractivity contribution in [1.29, 1.82) is 0 Å². The van der Waals surface area contributed by atoms with E-state index in [1.807, 2.05) is 13.8 Å². The summed E-state index contributed by atoms with van der Waals surface area (Å²) in [7, 11) is 1.49. The van der Waals surface area contributed by atoms with Gasteiger partial charge in [0.1, 0.15) is 12.6 Å². The van der Waals surface area contributed by atoms with Crippen LogP contribution in [0.4, 0.5) is 0 Å². The van der Waals surface area contributed by atoms with Gasteiger partial charge in [0.05, 0.1) is 0 Å². The van der Waals surface area contributed by atoms with Crippen LogP contribution >= 0.6 is 0 Å². The Bertz CT molecular complexity index is 806. The molecule has 0 aromatic heterocycles. The van der Waals surface area contributed by atoms with Crippen molar-refractivity contribution in [2.24, 2.45) is 5.92 Å². The summed E-state index contributed by atoms with van der Waals surface area (Å²) < 4.78 is 15.6. The lowest BCUT2D eigenvalue weighted by atomic mass is 9.88. The van der Waals surface area contributed by atoms with E-state index in [0.717, 1.165) is 6.42 Å². The topological polar surface area (TPSA) is 106 Å². The molecule has 0 aliphatic carbocycles. The van der Waals surface area contributed by atoms with Gasteiger partial charge in [0, 0.05) is 31.8 Å². The minimum atomic E-state index is -0.688. The fraction of sp³-hybridized carbons (Fsp3) is 0.591. The van der Waals surface area contributed by atoms with Crippen molar-refractivity contribution in [3.63, 3.8) is 0 Å². The van der Waals surface area contributed by atoms with Crippen LogP contribution in [0.5, 0.6) is 11.5 Å². The molecule has 2 aliphatic heterocycles. The first-order valence-corrected chi connectivity index (χ1v) is 10.7. The Morgan fingerprint density at radius 1 is 1.16 bits per heavy atom. The van der Waals surface area contributed by atoms with Crippen LogP contribution in [0.1, 0.15) is 43.5 Å². The van der Waals surface area contributed by atoms with E-state index in [0.29, 0.717) is 43.0 Å². The highest BCUT2D eigenvalue weighted by molar-refractivity contribution is 5.98. The fourth-order valence-electron chi connectivity index (χ4n) is 3.79. The predicted octanol–water partition coefficient (Wildman–Crippen LogP) is 1.31. The van der Waals surface area contributed by atoms with E-state index in [1.54, 1.807) is 23.1 Å². The van der Waals surface area contributed by atoms with Crippen LogP contribution in [0.3, 0.4) is 0 Å². The third-order valence-corrected chi connectivity index (χ3v) is 5.84. The standard InChI is InChI=1S/C22H31N3O6/c1-4-14(2)23-22(28)20(15-7-9-25(10-8-15)19(26)12-29-3)24-21(27)16-5-6-17-18(11-16)31-13-30-17/h5-6,11,14-15,20H,4,7-10,12-13H2,1-3H3,(H,23,28)(H,24,27)/t14-,20+/m0/s1. The highest BCUT2D eigenvalue weighted by atomic mass is 16.7. The molecule has 2 atom stereocenters. The highest BCUT2D eigenvalue weighted by Crippen LogP contribution is 2.32. The molecule has 9 heteroatoms. The Morgan fingerprint density at radius 2 is 1.87 bits per heavy atom. The lowest BCUT2D eigenvalue weighted by molar-refractivity contribution is -0.136. The van der Waals surface area contributed by atoms with E-state index in [2.05, 4.69) is 10.6 Å². The van der Waals surface area contributed by atoms with E-state index in [-0.39, 0.29) is 43.1 Å². The number of benzene rings is 1. The van der Waals surface area contributed by atoms with Crippen LogP contribution in [0.15, 0.2) is 18.2 Å². The van der Waals surface area contributed by atoms with Gasteiger partial charge in [-0.3, -0.25) is 14.4 Å². The lowest BCUT2D eigenvalue weighted by Crippen LogP contribution is -2.55. The zero-order valence-electron chi connectivity index (χ0n) is 18.3. The van der Waals surface area contributed by atoms with E-state index >= 15 is 0 Å². The molecule has 170 valence electrons. The van der Waals surface area contributed by atoms with Crippen LogP contribution in [-0.4, -0.2) is 68.3 Å². The number of carbonyl (C=O) groups is 3. The summed E-state index contributed by atoms with van der Waals surface area (Å²) >= 11 is 0. The number of piperidine rings is 1. The molecular formula is C22H31N3O6. The van der Waals surface area contributed by atoms with Crippen molar-refractivity contribution in [1.82, 2.24) is 15.5 Å². The van der Waals surface area contributed by atoms with Crippen molar-refractivity contribution in [2.45, 2.75) is 45.2 Å². The zero-order chi connectivity index (χ0) is 22.4. The second-order valence-electron chi connectivity index (χ2n) is 7.99. The van der Waals surface area contributed by atoms with Crippen LogP contribution in [0.25, 0.3) is 0 Å². The van der Waals surface area contributed by atoms with Crippen LogP contribution < -0.4 is 20.1 Å². The number of carbonyl (C=O) groups excluding carboxylic acids is 3. The first-order valence-electron chi connectivity index (χ1n) is 10.7. The summed E-state index contributed by atoms with van der Waals surface area (Å²) in [5, 5.41) is 5.90. The number of likely N-dealkylation sites (tertiary alicyclic amines) is 1. The minimum absolute atomic E-state index is 0.000755. The smallest absolute Gasteiger partial charge is 0.252 e. The molecule has 9 nitrogen and oxygen atoms in total. The molecule has 0 spiro atoms. The Hall–Kier alpha value is -2.81. The molecule has 2 heterocycles. The van der Waals surface area contributed by atoms with Gasteiger partial charge < -0.3 is 29.7 Å². The predicted molar refractivity (Wildman–Crippen MR) is 113 cm³/mol. The molecule has 1 aromatic rings. The Labute approximate surface area is 182 Å². The summed E-state index contributed by atoms with van der Waals surface area (Å²) in [6.07, 6.45) is 2.03. The van der Waals surface area contributed by atoms with Gasteiger partial charge in [-0.15, -0.1) is 0 Å². The molecule has 1 fully saturated rings. The number of hydrogen-bond donors (Lipinski definition) is 2. The second kappa shape index (κ2) is 10.5. The quantitative estimate of drug-likeness (QED) is 0.640. The van der Waals surface area contributed by atoms with Gasteiger partial charge in [-0.1, -0.05) is 6.92 Å². The Balaban J connectivity index is 1.70. The maximum atomic E-state index is 13.0. The number of ether oxygens (including phenoxy) is 3. The van der Waals surface area contributed by atoms with Crippen LogP contribution in [0.2, 0.25) is 0 Å². The largest absolute Gasteiger partial charge is 0.454 e. The average Bonchev–Trinajstić information content (AvgIpc) is 3.25. The van der Waals surface area contributed by atoms with Crippen LogP contribution in [0, 0.1) is 5.92 Å². The lowest BCUT2D eigenvalue weighted by Gasteiger charge is -2.36. The first kappa shape index (κ1) is 22.9. The molecule has 2 aliphatic rings. The average molecular weight is 434 g/mol. The van der Waals surface area contributed by atoms with Crippen molar-refractivity contribution in [3.8, 4) is 11.5 Å². The SMILES string of the molecule is CC[C@H](C)NC(=O)[C@H](NC(=O)c1ccc2c(c1)OCO2)C1CCN(C(=O)COC)CC1. The minimum Gasteiger partial charge on any atom is -0.454 e. The molecule has 0 saturated carbocycles. The maximum Gasteiger partial charge on any atom is 0.252 e. The molecule has 0 unspecified atom stereocenters.